The van der Waals surface area contributed by atoms with Crippen molar-refractivity contribution in [1.29, 1.82) is 0 Å². The first kappa shape index (κ1) is 17.5. The van der Waals surface area contributed by atoms with Crippen molar-refractivity contribution >= 4 is 31.3 Å². The highest BCUT2D eigenvalue weighted by Crippen LogP contribution is 2.60. The molecule has 4 heterocycles. The molecule has 1 aromatic rings. The van der Waals surface area contributed by atoms with Crippen LogP contribution in [0.15, 0.2) is 19.5 Å². The maximum Gasteiger partial charge on any atom is 0.289 e. The molecule has 0 bridgehead atoms. The molecule has 7 nitrogen and oxygen atoms in total. The second kappa shape index (κ2) is 6.68. The van der Waals surface area contributed by atoms with Crippen LogP contribution in [-0.2, 0) is 4.74 Å². The predicted molar refractivity (Wildman–Crippen MR) is 103 cm³/mol. The number of fused-ring (bicyclic) bond motifs is 1. The molecule has 9 heteroatoms. The molecule has 138 valence electrons. The van der Waals surface area contributed by atoms with Crippen molar-refractivity contribution in [3.63, 3.8) is 0 Å². The van der Waals surface area contributed by atoms with E-state index in [0.717, 1.165) is 42.2 Å². The number of nitrogens with zero attached hydrogens (tertiary/aromatic N) is 5. The number of amidine groups is 1. The van der Waals surface area contributed by atoms with E-state index in [2.05, 4.69) is 31.4 Å². The third kappa shape index (κ3) is 2.75. The van der Waals surface area contributed by atoms with E-state index < -0.39 is 10.2 Å². The van der Waals surface area contributed by atoms with Gasteiger partial charge in [0.25, 0.3) is 5.56 Å². The average molecular weight is 430 g/mol. The number of hydrogen-bond donors (Lipinski definition) is 0. The third-order valence-electron chi connectivity index (χ3n) is 5.15. The van der Waals surface area contributed by atoms with Gasteiger partial charge >= 0.3 is 0 Å². The van der Waals surface area contributed by atoms with Crippen LogP contribution in [0.5, 0.6) is 0 Å². The van der Waals surface area contributed by atoms with E-state index in [1.165, 1.54) is 23.9 Å². The number of hydrogen-bond acceptors (Lipinski definition) is 6. The zero-order valence-corrected chi connectivity index (χ0v) is 17.1. The maximum atomic E-state index is 12.8. The number of aromatic nitrogens is 2. The smallest absolute Gasteiger partial charge is 0.289 e. The first-order valence-electron chi connectivity index (χ1n) is 8.78. The highest BCUT2D eigenvalue weighted by atomic mass is 79.9. The molecule has 0 aliphatic carbocycles. The fourth-order valence-corrected chi connectivity index (χ4v) is 7.27. The van der Waals surface area contributed by atoms with Crippen molar-refractivity contribution in [2.75, 3.05) is 45.6 Å². The molecule has 0 radical (unpaired) electrons. The lowest BCUT2D eigenvalue weighted by atomic mass is 10.2. The van der Waals surface area contributed by atoms with E-state index in [1.807, 2.05) is 6.92 Å². The Labute approximate surface area is 157 Å². The fraction of sp³-hybridized carbons (Fsp3) is 0.688. The minimum Gasteiger partial charge on any atom is -0.378 e. The summed E-state index contributed by atoms with van der Waals surface area (Å²) in [6.45, 7) is 7.01. The Balaban J connectivity index is 1.86. The number of halogens is 1. The summed E-state index contributed by atoms with van der Waals surface area (Å²) in [6.07, 6.45) is 5.92. The van der Waals surface area contributed by atoms with Crippen LogP contribution in [0.2, 0.25) is 0 Å². The van der Waals surface area contributed by atoms with Crippen LogP contribution in [0.25, 0.3) is 0 Å². The van der Waals surface area contributed by atoms with Crippen molar-refractivity contribution in [2.24, 2.45) is 5.10 Å². The third-order valence-corrected chi connectivity index (χ3v) is 9.49. The van der Waals surface area contributed by atoms with E-state index in [9.17, 15) is 4.79 Å². The first-order chi connectivity index (χ1) is 12.0. The van der Waals surface area contributed by atoms with E-state index in [-0.39, 0.29) is 5.56 Å². The lowest BCUT2D eigenvalue weighted by Crippen LogP contribution is -2.46. The fourth-order valence-electron chi connectivity index (χ4n) is 3.70. The summed E-state index contributed by atoms with van der Waals surface area (Å²) in [5.41, 5.74) is 0.631. The summed E-state index contributed by atoms with van der Waals surface area (Å²) in [6, 6.07) is 0. The Morgan fingerprint density at radius 3 is 2.48 bits per heavy atom. The summed E-state index contributed by atoms with van der Waals surface area (Å²) in [4.78, 5) is 19.9. The molecule has 1 unspecified atom stereocenters. The minimum absolute atomic E-state index is 0.110. The molecule has 2 fully saturated rings. The van der Waals surface area contributed by atoms with Gasteiger partial charge in [-0.3, -0.25) is 9.10 Å². The normalized spacial score (nSPS) is 29.9. The first-order valence-corrected chi connectivity index (χ1v) is 11.6. The molecule has 4 rings (SSSR count). The molecular formula is C16H24BrN5O2S. The van der Waals surface area contributed by atoms with Crippen LogP contribution in [-0.4, -0.2) is 69.7 Å². The van der Waals surface area contributed by atoms with Crippen molar-refractivity contribution in [3.05, 3.63) is 20.5 Å². The van der Waals surface area contributed by atoms with Crippen molar-refractivity contribution in [1.82, 2.24) is 18.9 Å². The molecule has 1 aromatic heterocycles. The van der Waals surface area contributed by atoms with Gasteiger partial charge in [0.05, 0.1) is 18.9 Å². The van der Waals surface area contributed by atoms with E-state index in [1.54, 1.807) is 0 Å². The van der Waals surface area contributed by atoms with Gasteiger partial charge < -0.3 is 9.64 Å². The summed E-state index contributed by atoms with van der Waals surface area (Å²) in [5.74, 6) is 0. The summed E-state index contributed by atoms with van der Waals surface area (Å²) in [7, 11) is -1.58. The second-order valence-electron chi connectivity index (χ2n) is 6.76. The average Bonchev–Trinajstić information content (AvgIpc) is 2.95. The molecule has 0 N–H and O–H groups in total. The van der Waals surface area contributed by atoms with Gasteiger partial charge in [0.15, 0.2) is 10.3 Å². The van der Waals surface area contributed by atoms with Crippen molar-refractivity contribution in [2.45, 2.75) is 31.3 Å². The molecule has 25 heavy (non-hydrogen) atoms. The SMILES string of the molecule is Cc1nc2n(c(=O)c1Br)N=C(N1CCOCC1)S2(C)N1CCCCC1. The zero-order valence-electron chi connectivity index (χ0n) is 14.7. The maximum absolute atomic E-state index is 12.8. The van der Waals surface area contributed by atoms with E-state index in [0.29, 0.717) is 17.7 Å². The zero-order chi connectivity index (χ0) is 17.6. The number of aryl methyl sites for hydroxylation is 1. The molecule has 3 aliphatic heterocycles. The van der Waals surface area contributed by atoms with Gasteiger partial charge in [-0.05, 0) is 42.0 Å². The Morgan fingerprint density at radius 2 is 1.80 bits per heavy atom. The van der Waals surface area contributed by atoms with Crippen LogP contribution in [0.1, 0.15) is 25.0 Å². The van der Waals surface area contributed by atoms with Gasteiger partial charge in [0, 0.05) is 26.2 Å². The topological polar surface area (TPSA) is 63.0 Å². The Bertz CT molecular complexity index is 771. The molecule has 0 saturated carbocycles. The quantitative estimate of drug-likeness (QED) is 0.638. The predicted octanol–water partition coefficient (Wildman–Crippen LogP) is 1.97. The van der Waals surface area contributed by atoms with Gasteiger partial charge in [0.1, 0.15) is 4.47 Å². The lowest BCUT2D eigenvalue weighted by molar-refractivity contribution is 0.0690. The molecule has 2 saturated heterocycles. The van der Waals surface area contributed by atoms with Crippen molar-refractivity contribution in [3.8, 4) is 0 Å². The van der Waals surface area contributed by atoms with E-state index in [4.69, 9.17) is 14.8 Å². The summed E-state index contributed by atoms with van der Waals surface area (Å²) in [5, 5.41) is 6.63. The highest BCUT2D eigenvalue weighted by Gasteiger charge is 2.46. The van der Waals surface area contributed by atoms with Gasteiger partial charge in [0.2, 0.25) is 0 Å². The number of ether oxygens (including phenoxy) is 1. The van der Waals surface area contributed by atoms with E-state index >= 15 is 0 Å². The van der Waals surface area contributed by atoms with Crippen LogP contribution in [0.3, 0.4) is 0 Å². The van der Waals surface area contributed by atoms with Crippen LogP contribution in [0.4, 0.5) is 0 Å². The number of morpholine rings is 1. The minimum atomic E-state index is -1.58. The molecule has 0 spiro atoms. The molecule has 1 atom stereocenters. The second-order valence-corrected chi connectivity index (χ2v) is 10.5. The number of rotatable bonds is 1. The monoisotopic (exact) mass is 429 g/mol. The molecule has 0 amide bonds. The largest absolute Gasteiger partial charge is 0.378 e. The Hall–Kier alpha value is -0.900. The lowest BCUT2D eigenvalue weighted by Gasteiger charge is -2.47. The van der Waals surface area contributed by atoms with Gasteiger partial charge in [-0.2, -0.15) is 4.68 Å². The Morgan fingerprint density at radius 1 is 1.12 bits per heavy atom. The summed E-state index contributed by atoms with van der Waals surface area (Å²) < 4.78 is 10.1. The number of piperidine rings is 1. The molecular weight excluding hydrogens is 406 g/mol. The Kier molecular flexibility index (Phi) is 4.68. The van der Waals surface area contributed by atoms with Crippen LogP contribution >= 0.6 is 26.1 Å². The van der Waals surface area contributed by atoms with Crippen LogP contribution < -0.4 is 5.56 Å². The van der Waals surface area contributed by atoms with Gasteiger partial charge in [-0.1, -0.05) is 16.6 Å². The highest BCUT2D eigenvalue weighted by molar-refractivity contribution is 9.10. The standard InChI is InChI=1S/C16H24BrN5O2S/c1-12-13(17)14(23)22-15(18-12)25(2,21-6-4-3-5-7-21)16(19-22)20-8-10-24-11-9-20/h3-11H2,1-2H3. The van der Waals surface area contributed by atoms with Crippen molar-refractivity contribution < 1.29 is 4.74 Å². The van der Waals surface area contributed by atoms with Gasteiger partial charge in [-0.25, -0.2) is 4.98 Å². The summed E-state index contributed by atoms with van der Waals surface area (Å²) >= 11 is 3.38. The molecule has 0 aromatic carbocycles. The van der Waals surface area contributed by atoms with Crippen LogP contribution in [0, 0.1) is 6.92 Å². The molecule has 3 aliphatic rings. The van der Waals surface area contributed by atoms with Gasteiger partial charge in [-0.15, -0.1) is 5.10 Å².